The molecule has 0 spiro atoms. The molecule has 1 saturated carbocycles. The van der Waals surface area contributed by atoms with Gasteiger partial charge in [-0.3, -0.25) is 0 Å². The Morgan fingerprint density at radius 3 is 2.60 bits per heavy atom. The number of aliphatic hydroxyl groups is 1. The molecule has 2 rings (SSSR count). The van der Waals surface area contributed by atoms with Crippen molar-refractivity contribution in [1.82, 2.24) is 5.32 Å². The van der Waals surface area contributed by atoms with Crippen molar-refractivity contribution in [1.29, 1.82) is 0 Å². The van der Waals surface area contributed by atoms with Crippen molar-refractivity contribution < 1.29 is 5.11 Å². The average molecular weight is 276 g/mol. The van der Waals surface area contributed by atoms with Crippen molar-refractivity contribution in [2.75, 3.05) is 25.1 Å². The van der Waals surface area contributed by atoms with E-state index in [1.165, 1.54) is 48.9 Å². The number of hydrogen-bond donors (Lipinski definition) is 2. The number of anilines is 1. The van der Waals surface area contributed by atoms with Gasteiger partial charge in [-0.15, -0.1) is 0 Å². The molecule has 1 fully saturated rings. The minimum Gasteiger partial charge on any atom is -0.395 e. The second kappa shape index (κ2) is 7.65. The molecule has 3 nitrogen and oxygen atoms in total. The second-order valence-corrected chi connectivity index (χ2v) is 5.85. The highest BCUT2D eigenvalue weighted by Gasteiger charge is 2.21. The summed E-state index contributed by atoms with van der Waals surface area (Å²) in [5.74, 6) is 0. The molecule has 0 unspecified atom stereocenters. The van der Waals surface area contributed by atoms with Gasteiger partial charge >= 0.3 is 0 Å². The van der Waals surface area contributed by atoms with Gasteiger partial charge in [-0.2, -0.15) is 0 Å². The Labute approximate surface area is 123 Å². The van der Waals surface area contributed by atoms with Crippen LogP contribution in [0.2, 0.25) is 0 Å². The first-order chi connectivity index (χ1) is 9.76. The first kappa shape index (κ1) is 15.3. The fourth-order valence-electron chi connectivity index (χ4n) is 3.27. The van der Waals surface area contributed by atoms with Gasteiger partial charge in [0, 0.05) is 24.8 Å². The van der Waals surface area contributed by atoms with Crippen molar-refractivity contribution in [3.63, 3.8) is 0 Å². The highest BCUT2D eigenvalue weighted by Crippen LogP contribution is 2.28. The number of nitrogens with one attached hydrogen (secondary N) is 1. The topological polar surface area (TPSA) is 35.5 Å². The lowest BCUT2D eigenvalue weighted by Gasteiger charge is -2.36. The summed E-state index contributed by atoms with van der Waals surface area (Å²) < 4.78 is 0. The lowest BCUT2D eigenvalue weighted by molar-refractivity contribution is 0.290. The molecule has 0 saturated heterocycles. The number of hydrogen-bond acceptors (Lipinski definition) is 3. The van der Waals surface area contributed by atoms with E-state index in [0.29, 0.717) is 6.04 Å². The first-order valence-electron chi connectivity index (χ1n) is 7.88. The summed E-state index contributed by atoms with van der Waals surface area (Å²) in [5, 5.41) is 12.6. The van der Waals surface area contributed by atoms with E-state index in [1.54, 1.807) is 0 Å². The third kappa shape index (κ3) is 3.74. The zero-order valence-electron chi connectivity index (χ0n) is 12.9. The summed E-state index contributed by atoms with van der Waals surface area (Å²) in [7, 11) is 1.98. The third-order valence-electron chi connectivity index (χ3n) is 4.38. The van der Waals surface area contributed by atoms with Gasteiger partial charge in [0.2, 0.25) is 0 Å². The van der Waals surface area contributed by atoms with Crippen LogP contribution in [0.25, 0.3) is 0 Å². The molecule has 0 aromatic heterocycles. The molecule has 0 radical (unpaired) electrons. The maximum Gasteiger partial charge on any atom is 0.0606 e. The molecule has 0 aliphatic heterocycles. The van der Waals surface area contributed by atoms with E-state index in [1.807, 2.05) is 7.05 Å². The summed E-state index contributed by atoms with van der Waals surface area (Å²) in [4.78, 5) is 2.41. The van der Waals surface area contributed by atoms with Gasteiger partial charge in [-0.05, 0) is 50.1 Å². The molecule has 1 aromatic rings. The van der Waals surface area contributed by atoms with Crippen molar-refractivity contribution >= 4 is 5.69 Å². The van der Waals surface area contributed by atoms with Crippen molar-refractivity contribution in [3.05, 3.63) is 29.3 Å². The van der Waals surface area contributed by atoms with Crippen LogP contribution in [0, 0.1) is 6.92 Å². The van der Waals surface area contributed by atoms with Crippen molar-refractivity contribution in [3.8, 4) is 0 Å². The summed E-state index contributed by atoms with van der Waals surface area (Å²) in [6.45, 7) is 4.06. The largest absolute Gasteiger partial charge is 0.395 e. The van der Waals surface area contributed by atoms with Gasteiger partial charge in [0.15, 0.2) is 0 Å². The number of benzene rings is 1. The number of aryl methyl sites for hydroxylation is 1. The maximum atomic E-state index is 9.39. The zero-order chi connectivity index (χ0) is 14.4. The first-order valence-corrected chi connectivity index (χ1v) is 7.88. The molecule has 2 N–H and O–H groups in total. The van der Waals surface area contributed by atoms with Gasteiger partial charge in [-0.25, -0.2) is 0 Å². The molecular weight excluding hydrogens is 248 g/mol. The predicted octanol–water partition coefficient (Wildman–Crippen LogP) is 2.85. The van der Waals surface area contributed by atoms with Crippen LogP contribution in [0.4, 0.5) is 5.69 Å². The van der Waals surface area contributed by atoms with Gasteiger partial charge in [0.25, 0.3) is 0 Å². The molecule has 0 amide bonds. The van der Waals surface area contributed by atoms with E-state index in [9.17, 15) is 5.11 Å². The highest BCUT2D eigenvalue weighted by molar-refractivity contribution is 5.51. The van der Waals surface area contributed by atoms with E-state index >= 15 is 0 Å². The average Bonchev–Trinajstić information content (AvgIpc) is 2.48. The number of aliphatic hydroxyl groups excluding tert-OH is 1. The zero-order valence-corrected chi connectivity index (χ0v) is 12.9. The van der Waals surface area contributed by atoms with Crippen LogP contribution in [-0.2, 0) is 6.54 Å². The van der Waals surface area contributed by atoms with E-state index in [-0.39, 0.29) is 6.61 Å². The Kier molecular flexibility index (Phi) is 5.86. The second-order valence-electron chi connectivity index (χ2n) is 5.85. The van der Waals surface area contributed by atoms with Crippen LogP contribution < -0.4 is 10.2 Å². The van der Waals surface area contributed by atoms with Crippen LogP contribution in [0.15, 0.2) is 18.2 Å². The molecule has 1 aliphatic carbocycles. The summed E-state index contributed by atoms with van der Waals surface area (Å²) in [6.07, 6.45) is 6.53. The van der Waals surface area contributed by atoms with Crippen LogP contribution >= 0.6 is 0 Å². The molecule has 112 valence electrons. The van der Waals surface area contributed by atoms with E-state index in [2.05, 4.69) is 35.3 Å². The van der Waals surface area contributed by atoms with Crippen molar-refractivity contribution in [2.45, 2.75) is 51.6 Å². The van der Waals surface area contributed by atoms with E-state index in [0.717, 1.165) is 13.1 Å². The van der Waals surface area contributed by atoms with Crippen molar-refractivity contribution in [2.24, 2.45) is 0 Å². The Hall–Kier alpha value is -1.06. The van der Waals surface area contributed by atoms with E-state index in [4.69, 9.17) is 0 Å². The predicted molar refractivity (Wildman–Crippen MR) is 85.2 cm³/mol. The Bertz CT molecular complexity index is 413. The van der Waals surface area contributed by atoms with Gasteiger partial charge < -0.3 is 15.3 Å². The van der Waals surface area contributed by atoms with Crippen LogP contribution in [0.1, 0.15) is 43.2 Å². The fourth-order valence-corrected chi connectivity index (χ4v) is 3.27. The quantitative estimate of drug-likeness (QED) is 0.838. The Morgan fingerprint density at radius 1 is 1.25 bits per heavy atom. The van der Waals surface area contributed by atoms with Gasteiger partial charge in [0.05, 0.1) is 6.61 Å². The minimum atomic E-state index is 0.230. The monoisotopic (exact) mass is 276 g/mol. The van der Waals surface area contributed by atoms with Crippen LogP contribution in [-0.4, -0.2) is 31.3 Å². The standard InChI is InChI=1S/C17H28N2O/c1-14-12-17(9-8-15(14)13-18-2)19(10-11-20)16-6-4-3-5-7-16/h8-9,12,16,18,20H,3-7,10-11,13H2,1-2H3. The molecule has 1 aromatic carbocycles. The Morgan fingerprint density at radius 2 is 2.00 bits per heavy atom. The smallest absolute Gasteiger partial charge is 0.0606 e. The normalized spacial score (nSPS) is 16.4. The molecule has 0 heterocycles. The molecule has 1 aliphatic rings. The maximum absolute atomic E-state index is 9.39. The van der Waals surface area contributed by atoms with Gasteiger partial charge in [-0.1, -0.05) is 25.3 Å². The Balaban J connectivity index is 2.17. The number of rotatable bonds is 6. The lowest BCUT2D eigenvalue weighted by Crippen LogP contribution is -2.38. The van der Waals surface area contributed by atoms with E-state index < -0.39 is 0 Å². The summed E-state index contributed by atoms with van der Waals surface area (Å²) in [6, 6.07) is 7.31. The summed E-state index contributed by atoms with van der Waals surface area (Å²) >= 11 is 0. The summed E-state index contributed by atoms with van der Waals surface area (Å²) in [5.41, 5.74) is 3.95. The molecule has 20 heavy (non-hydrogen) atoms. The molecule has 0 bridgehead atoms. The molecular formula is C17H28N2O. The van der Waals surface area contributed by atoms with Crippen LogP contribution in [0.5, 0.6) is 0 Å². The van der Waals surface area contributed by atoms with Gasteiger partial charge in [0.1, 0.15) is 0 Å². The highest BCUT2D eigenvalue weighted by atomic mass is 16.3. The fraction of sp³-hybridized carbons (Fsp3) is 0.647. The third-order valence-corrected chi connectivity index (χ3v) is 4.38. The molecule has 0 atom stereocenters. The molecule has 3 heteroatoms. The lowest BCUT2D eigenvalue weighted by atomic mass is 9.93. The van der Waals surface area contributed by atoms with Crippen LogP contribution in [0.3, 0.4) is 0 Å². The minimum absolute atomic E-state index is 0.230. The SMILES string of the molecule is CNCc1ccc(N(CCO)C2CCCCC2)cc1C. The number of nitrogens with zero attached hydrogens (tertiary/aromatic N) is 1.